The Morgan fingerprint density at radius 1 is 1.39 bits per heavy atom. The zero-order chi connectivity index (χ0) is 13.3. The Balaban J connectivity index is 2.20. The van der Waals surface area contributed by atoms with Crippen LogP contribution in [0.4, 0.5) is 0 Å². The van der Waals surface area contributed by atoms with E-state index in [1.807, 2.05) is 11.8 Å². The van der Waals surface area contributed by atoms with Gasteiger partial charge in [-0.15, -0.1) is 0 Å². The molecule has 4 nitrogen and oxygen atoms in total. The number of halogens is 2. The van der Waals surface area contributed by atoms with Crippen LogP contribution >= 0.6 is 23.2 Å². The monoisotopic (exact) mass is 287 g/mol. The first-order valence-electron chi connectivity index (χ1n) is 5.80. The van der Waals surface area contributed by atoms with Crippen molar-refractivity contribution in [1.29, 1.82) is 0 Å². The molecule has 2 rings (SSSR count). The molecule has 0 aromatic carbocycles. The quantitative estimate of drug-likeness (QED) is 0.743. The smallest absolute Gasteiger partial charge is 0.257 e. The highest BCUT2D eigenvalue weighted by Crippen LogP contribution is 2.20. The summed E-state index contributed by atoms with van der Waals surface area (Å²) in [6.07, 6.45) is 0. The molecule has 0 saturated carbocycles. The molecule has 0 spiro atoms. The number of carbonyl (C=O) groups is 1. The van der Waals surface area contributed by atoms with Gasteiger partial charge in [-0.1, -0.05) is 23.2 Å². The fourth-order valence-corrected chi connectivity index (χ4v) is 2.59. The van der Waals surface area contributed by atoms with E-state index in [-0.39, 0.29) is 17.1 Å². The molecule has 18 heavy (non-hydrogen) atoms. The van der Waals surface area contributed by atoms with Crippen LogP contribution < -0.4 is 0 Å². The maximum absolute atomic E-state index is 12.4. The lowest BCUT2D eigenvalue weighted by atomic mass is 10.1. The number of nitrogens with zero attached hydrogens (tertiary/aromatic N) is 3. The predicted octanol–water partition coefficient (Wildman–Crippen LogP) is 2.16. The number of likely N-dealkylation sites (N-methyl/N-ethyl adjacent to an activating group) is 1. The molecule has 6 heteroatoms. The van der Waals surface area contributed by atoms with E-state index in [1.165, 1.54) is 0 Å². The van der Waals surface area contributed by atoms with Crippen LogP contribution in [-0.2, 0) is 0 Å². The van der Waals surface area contributed by atoms with Crippen molar-refractivity contribution in [3.05, 3.63) is 28.0 Å². The van der Waals surface area contributed by atoms with Gasteiger partial charge in [0.05, 0.1) is 5.56 Å². The molecule has 0 bridgehead atoms. The molecule has 1 aliphatic rings. The fourth-order valence-electron chi connectivity index (χ4n) is 2.17. The Hall–Kier alpha value is -0.840. The van der Waals surface area contributed by atoms with Gasteiger partial charge in [-0.3, -0.25) is 4.79 Å². The Kier molecular flexibility index (Phi) is 4.10. The maximum Gasteiger partial charge on any atom is 0.257 e. The third kappa shape index (κ3) is 2.76. The van der Waals surface area contributed by atoms with E-state index in [0.717, 1.165) is 13.1 Å². The summed E-state index contributed by atoms with van der Waals surface area (Å²) < 4.78 is 0. The Bertz CT molecular complexity index is 467. The van der Waals surface area contributed by atoms with E-state index >= 15 is 0 Å². The van der Waals surface area contributed by atoms with Crippen molar-refractivity contribution in [2.24, 2.45) is 0 Å². The largest absolute Gasteiger partial charge is 0.333 e. The number of piperazine rings is 1. The Labute approximate surface area is 116 Å². The normalized spacial score (nSPS) is 21.1. The minimum atomic E-state index is -0.0789. The number of aromatic nitrogens is 1. The fraction of sp³-hybridized carbons (Fsp3) is 0.500. The summed E-state index contributed by atoms with van der Waals surface area (Å²) in [5.74, 6) is -0.0789. The summed E-state index contributed by atoms with van der Waals surface area (Å²) in [5.41, 5.74) is 0.414. The van der Waals surface area contributed by atoms with Crippen LogP contribution in [-0.4, -0.2) is 53.4 Å². The van der Waals surface area contributed by atoms with Crippen LogP contribution in [0.2, 0.25) is 10.3 Å². The number of pyridine rings is 1. The molecular formula is C12H15Cl2N3O. The SMILES string of the molecule is CC1CN(C)CCN1C(=O)c1ccc(Cl)nc1Cl. The van der Waals surface area contributed by atoms with Gasteiger partial charge < -0.3 is 9.80 Å². The molecular weight excluding hydrogens is 273 g/mol. The van der Waals surface area contributed by atoms with Gasteiger partial charge in [0, 0.05) is 25.7 Å². The molecule has 0 N–H and O–H groups in total. The lowest BCUT2D eigenvalue weighted by Gasteiger charge is -2.38. The number of rotatable bonds is 1. The summed E-state index contributed by atoms with van der Waals surface area (Å²) in [5, 5.41) is 0.460. The topological polar surface area (TPSA) is 36.4 Å². The van der Waals surface area contributed by atoms with E-state index in [2.05, 4.69) is 16.9 Å². The van der Waals surface area contributed by atoms with Crippen molar-refractivity contribution in [3.63, 3.8) is 0 Å². The lowest BCUT2D eigenvalue weighted by Crippen LogP contribution is -2.52. The van der Waals surface area contributed by atoms with Crippen molar-refractivity contribution < 1.29 is 4.79 Å². The Morgan fingerprint density at radius 3 is 2.72 bits per heavy atom. The summed E-state index contributed by atoms with van der Waals surface area (Å²) in [6, 6.07) is 3.38. The van der Waals surface area contributed by atoms with Crippen LogP contribution in [0.5, 0.6) is 0 Å². The summed E-state index contributed by atoms with van der Waals surface area (Å²) in [4.78, 5) is 20.3. The summed E-state index contributed by atoms with van der Waals surface area (Å²) in [7, 11) is 2.05. The van der Waals surface area contributed by atoms with Crippen LogP contribution in [0.15, 0.2) is 12.1 Å². The average Bonchev–Trinajstić information content (AvgIpc) is 2.28. The highest BCUT2D eigenvalue weighted by atomic mass is 35.5. The Morgan fingerprint density at radius 2 is 2.11 bits per heavy atom. The van der Waals surface area contributed by atoms with Crippen LogP contribution in [0.1, 0.15) is 17.3 Å². The molecule has 1 fully saturated rings. The zero-order valence-electron chi connectivity index (χ0n) is 10.4. The predicted molar refractivity (Wildman–Crippen MR) is 72.3 cm³/mol. The van der Waals surface area contributed by atoms with E-state index in [9.17, 15) is 4.79 Å². The highest BCUT2D eigenvalue weighted by Gasteiger charge is 2.27. The van der Waals surface area contributed by atoms with Crippen molar-refractivity contribution >= 4 is 29.1 Å². The molecule has 0 aliphatic carbocycles. The van der Waals surface area contributed by atoms with Gasteiger partial charge >= 0.3 is 0 Å². The minimum Gasteiger partial charge on any atom is -0.333 e. The summed E-state index contributed by atoms with van der Waals surface area (Å²) in [6.45, 7) is 4.47. The average molecular weight is 288 g/mol. The van der Waals surface area contributed by atoms with Gasteiger partial charge in [0.2, 0.25) is 0 Å². The van der Waals surface area contributed by atoms with Crippen molar-refractivity contribution in [2.75, 3.05) is 26.7 Å². The van der Waals surface area contributed by atoms with Crippen LogP contribution in [0.3, 0.4) is 0 Å². The second-order valence-corrected chi connectivity index (χ2v) is 5.33. The number of hydrogen-bond donors (Lipinski definition) is 0. The molecule has 1 aromatic rings. The van der Waals surface area contributed by atoms with E-state index in [0.29, 0.717) is 17.3 Å². The molecule has 1 aromatic heterocycles. The second-order valence-electron chi connectivity index (χ2n) is 4.58. The van der Waals surface area contributed by atoms with E-state index < -0.39 is 0 Å². The maximum atomic E-state index is 12.4. The number of carbonyl (C=O) groups excluding carboxylic acids is 1. The minimum absolute atomic E-state index is 0.0789. The van der Waals surface area contributed by atoms with Crippen LogP contribution in [0.25, 0.3) is 0 Å². The van der Waals surface area contributed by atoms with Crippen molar-refractivity contribution in [3.8, 4) is 0 Å². The van der Waals surface area contributed by atoms with E-state index in [1.54, 1.807) is 12.1 Å². The van der Waals surface area contributed by atoms with Crippen molar-refractivity contribution in [2.45, 2.75) is 13.0 Å². The van der Waals surface area contributed by atoms with Gasteiger partial charge in [-0.05, 0) is 26.1 Å². The van der Waals surface area contributed by atoms with Crippen LogP contribution in [0, 0.1) is 0 Å². The van der Waals surface area contributed by atoms with Gasteiger partial charge in [-0.25, -0.2) is 4.98 Å². The van der Waals surface area contributed by atoms with Gasteiger partial charge in [0.1, 0.15) is 10.3 Å². The van der Waals surface area contributed by atoms with Gasteiger partial charge in [0.15, 0.2) is 0 Å². The summed E-state index contributed by atoms with van der Waals surface area (Å²) >= 11 is 11.7. The molecule has 1 unspecified atom stereocenters. The third-order valence-electron chi connectivity index (χ3n) is 3.14. The van der Waals surface area contributed by atoms with Crippen molar-refractivity contribution in [1.82, 2.24) is 14.8 Å². The van der Waals surface area contributed by atoms with E-state index in [4.69, 9.17) is 23.2 Å². The second kappa shape index (κ2) is 5.43. The molecule has 2 heterocycles. The van der Waals surface area contributed by atoms with Gasteiger partial charge in [-0.2, -0.15) is 0 Å². The molecule has 98 valence electrons. The number of amides is 1. The molecule has 1 saturated heterocycles. The molecule has 1 atom stereocenters. The lowest BCUT2D eigenvalue weighted by molar-refractivity contribution is 0.0533. The number of hydrogen-bond acceptors (Lipinski definition) is 3. The standard InChI is InChI=1S/C12H15Cl2N3O/c1-8-7-16(2)5-6-17(8)12(18)9-3-4-10(13)15-11(9)14/h3-4,8H,5-7H2,1-2H3. The zero-order valence-corrected chi connectivity index (χ0v) is 11.9. The molecule has 0 radical (unpaired) electrons. The van der Waals surface area contributed by atoms with Gasteiger partial charge in [0.25, 0.3) is 5.91 Å². The molecule has 1 aliphatic heterocycles. The first kappa shape index (κ1) is 13.6. The molecule has 1 amide bonds. The first-order chi connectivity index (χ1) is 8.49. The first-order valence-corrected chi connectivity index (χ1v) is 6.56. The third-order valence-corrected chi connectivity index (χ3v) is 3.64. The highest BCUT2D eigenvalue weighted by molar-refractivity contribution is 6.34.